The normalized spacial score (nSPS) is 13.8. The molecule has 0 rings (SSSR count). The minimum absolute atomic E-state index is 0.0484. The molecule has 5 nitrogen and oxygen atoms in total. The molecule has 0 aliphatic carbocycles. The van der Waals surface area contributed by atoms with Crippen LogP contribution in [0.1, 0.15) is 13.8 Å². The lowest BCUT2D eigenvalue weighted by Crippen LogP contribution is -2.20. The van der Waals surface area contributed by atoms with Crippen molar-refractivity contribution in [3.63, 3.8) is 0 Å². The Kier molecular flexibility index (Phi) is 15.1. The molecule has 0 N–H and O–H groups in total. The van der Waals surface area contributed by atoms with Gasteiger partial charge in [-0.15, -0.1) is 13.2 Å². The molecule has 0 aromatic carbocycles. The van der Waals surface area contributed by atoms with Crippen molar-refractivity contribution in [1.82, 2.24) is 0 Å². The summed E-state index contributed by atoms with van der Waals surface area (Å²) in [6.45, 7) is 15.7. The summed E-state index contributed by atoms with van der Waals surface area (Å²) in [5.41, 5.74) is 0. The molecule has 21 heavy (non-hydrogen) atoms. The molecule has 0 saturated heterocycles. The first-order chi connectivity index (χ1) is 10.3. The van der Waals surface area contributed by atoms with Crippen LogP contribution >= 0.6 is 0 Å². The second-order valence-electron chi connectivity index (χ2n) is 4.22. The molecule has 0 heterocycles. The van der Waals surface area contributed by atoms with Crippen molar-refractivity contribution in [2.24, 2.45) is 0 Å². The summed E-state index contributed by atoms with van der Waals surface area (Å²) in [6.07, 6.45) is 3.39. The van der Waals surface area contributed by atoms with Gasteiger partial charge < -0.3 is 23.7 Å². The summed E-state index contributed by atoms with van der Waals surface area (Å²) in [7, 11) is 0. The van der Waals surface area contributed by atoms with Gasteiger partial charge in [0, 0.05) is 13.2 Å². The van der Waals surface area contributed by atoms with E-state index in [2.05, 4.69) is 13.2 Å². The van der Waals surface area contributed by atoms with E-state index in [4.69, 9.17) is 23.7 Å². The summed E-state index contributed by atoms with van der Waals surface area (Å²) in [6, 6.07) is 0. The van der Waals surface area contributed by atoms with Crippen LogP contribution in [0.2, 0.25) is 0 Å². The van der Waals surface area contributed by atoms with Crippen LogP contribution in [0.5, 0.6) is 0 Å². The van der Waals surface area contributed by atoms with E-state index < -0.39 is 0 Å². The molecule has 0 bridgehead atoms. The molecule has 0 aromatic heterocycles. The molecule has 0 aliphatic rings. The van der Waals surface area contributed by atoms with Crippen molar-refractivity contribution in [2.45, 2.75) is 26.1 Å². The van der Waals surface area contributed by atoms with Crippen molar-refractivity contribution in [2.75, 3.05) is 52.9 Å². The number of hydrogen-bond donors (Lipinski definition) is 0. The Morgan fingerprint density at radius 1 is 0.714 bits per heavy atom. The van der Waals surface area contributed by atoms with Gasteiger partial charge in [-0.2, -0.15) is 0 Å². The molecule has 0 fully saturated rings. The minimum Gasteiger partial charge on any atom is -0.377 e. The predicted octanol–water partition coefficient (Wildman–Crippen LogP) is 2.22. The fourth-order valence-electron chi connectivity index (χ4n) is 1.53. The molecule has 0 radical (unpaired) electrons. The van der Waals surface area contributed by atoms with E-state index in [0.717, 1.165) is 0 Å². The third-order valence-corrected chi connectivity index (χ3v) is 2.60. The molecule has 124 valence electrons. The van der Waals surface area contributed by atoms with Crippen molar-refractivity contribution < 1.29 is 23.7 Å². The first-order valence-electron chi connectivity index (χ1n) is 7.49. The Morgan fingerprint density at radius 3 is 1.43 bits per heavy atom. The molecular weight excluding hydrogens is 272 g/mol. The van der Waals surface area contributed by atoms with Gasteiger partial charge in [0.1, 0.15) is 0 Å². The largest absolute Gasteiger partial charge is 0.377 e. The second kappa shape index (κ2) is 15.7. The molecule has 0 aromatic rings. The first-order valence-corrected chi connectivity index (χ1v) is 7.49. The highest BCUT2D eigenvalue weighted by Crippen LogP contribution is 1.96. The monoisotopic (exact) mass is 302 g/mol. The zero-order valence-corrected chi connectivity index (χ0v) is 13.4. The molecule has 2 unspecified atom stereocenters. The fraction of sp³-hybridized carbons (Fsp3) is 0.750. The molecule has 2 atom stereocenters. The summed E-state index contributed by atoms with van der Waals surface area (Å²) < 4.78 is 27.0. The molecule has 0 aliphatic heterocycles. The highest BCUT2D eigenvalue weighted by molar-refractivity contribution is 4.79. The maximum absolute atomic E-state index is 5.44. The van der Waals surface area contributed by atoms with Crippen LogP contribution in [-0.2, 0) is 23.7 Å². The van der Waals surface area contributed by atoms with Crippen LogP contribution in [0.4, 0.5) is 0 Å². The zero-order chi connectivity index (χ0) is 15.8. The van der Waals surface area contributed by atoms with Crippen molar-refractivity contribution in [3.8, 4) is 0 Å². The standard InChI is InChI=1S/C16H30O5/c1-5-15(20-7-3)13-18-11-9-17-10-12-19-14-16(6-2)21-8-4/h5-6,15-16H,1-2,7-14H2,3-4H3. The van der Waals surface area contributed by atoms with Crippen molar-refractivity contribution in [3.05, 3.63) is 25.3 Å². The van der Waals surface area contributed by atoms with Crippen LogP contribution < -0.4 is 0 Å². The van der Waals surface area contributed by atoms with Gasteiger partial charge in [-0.1, -0.05) is 12.2 Å². The maximum Gasteiger partial charge on any atom is 0.0986 e. The van der Waals surface area contributed by atoms with Crippen LogP contribution in [0.25, 0.3) is 0 Å². The van der Waals surface area contributed by atoms with Crippen LogP contribution in [-0.4, -0.2) is 65.1 Å². The SMILES string of the molecule is C=CC(COCCOCCOCC(C=C)OCC)OCC. The van der Waals surface area contributed by atoms with Crippen LogP contribution in [0.15, 0.2) is 25.3 Å². The molecule has 0 saturated carbocycles. The van der Waals surface area contributed by atoms with Gasteiger partial charge in [-0.3, -0.25) is 0 Å². The van der Waals surface area contributed by atoms with Gasteiger partial charge in [-0.05, 0) is 13.8 Å². The summed E-state index contributed by atoms with van der Waals surface area (Å²) in [4.78, 5) is 0. The van der Waals surface area contributed by atoms with Gasteiger partial charge in [0.2, 0.25) is 0 Å². The van der Waals surface area contributed by atoms with Crippen molar-refractivity contribution in [1.29, 1.82) is 0 Å². The molecular formula is C16H30O5. The van der Waals surface area contributed by atoms with Crippen LogP contribution in [0, 0.1) is 0 Å². The summed E-state index contributed by atoms with van der Waals surface area (Å²) >= 11 is 0. The van der Waals surface area contributed by atoms with Gasteiger partial charge in [0.25, 0.3) is 0 Å². The average molecular weight is 302 g/mol. The minimum atomic E-state index is -0.0484. The van der Waals surface area contributed by atoms with E-state index in [-0.39, 0.29) is 12.2 Å². The topological polar surface area (TPSA) is 46.2 Å². The Hall–Kier alpha value is -0.720. The smallest absolute Gasteiger partial charge is 0.0986 e. The highest BCUT2D eigenvalue weighted by atomic mass is 16.6. The number of ether oxygens (including phenoxy) is 5. The van der Waals surface area contributed by atoms with Gasteiger partial charge in [-0.25, -0.2) is 0 Å². The van der Waals surface area contributed by atoms with E-state index in [1.165, 1.54) is 0 Å². The van der Waals surface area contributed by atoms with Crippen LogP contribution in [0.3, 0.4) is 0 Å². The highest BCUT2D eigenvalue weighted by Gasteiger charge is 2.03. The second-order valence-corrected chi connectivity index (χ2v) is 4.22. The molecule has 0 spiro atoms. The zero-order valence-electron chi connectivity index (χ0n) is 13.4. The van der Waals surface area contributed by atoms with Gasteiger partial charge >= 0.3 is 0 Å². The van der Waals surface area contributed by atoms with Crippen molar-refractivity contribution >= 4 is 0 Å². The average Bonchev–Trinajstić information content (AvgIpc) is 2.50. The quantitative estimate of drug-likeness (QED) is 0.323. The number of rotatable bonds is 16. The number of hydrogen-bond acceptors (Lipinski definition) is 5. The van der Waals surface area contributed by atoms with E-state index in [1.54, 1.807) is 12.2 Å². The van der Waals surface area contributed by atoms with Gasteiger partial charge in [0.05, 0.1) is 51.8 Å². The van der Waals surface area contributed by atoms with Gasteiger partial charge in [0.15, 0.2) is 0 Å². The first kappa shape index (κ1) is 20.3. The lowest BCUT2D eigenvalue weighted by molar-refractivity contribution is -0.0294. The van der Waals surface area contributed by atoms with E-state index in [0.29, 0.717) is 52.9 Å². The predicted molar refractivity (Wildman–Crippen MR) is 83.7 cm³/mol. The Labute approximate surface area is 128 Å². The Balaban J connectivity index is 3.32. The molecule has 0 amide bonds. The third-order valence-electron chi connectivity index (χ3n) is 2.60. The lowest BCUT2D eigenvalue weighted by Gasteiger charge is -2.14. The maximum atomic E-state index is 5.44. The Bertz CT molecular complexity index is 221. The Morgan fingerprint density at radius 2 is 1.10 bits per heavy atom. The lowest BCUT2D eigenvalue weighted by atomic mass is 10.4. The summed E-state index contributed by atoms with van der Waals surface area (Å²) in [5.74, 6) is 0. The third kappa shape index (κ3) is 12.7. The van der Waals surface area contributed by atoms with E-state index in [1.807, 2.05) is 13.8 Å². The fourth-order valence-corrected chi connectivity index (χ4v) is 1.53. The van der Waals surface area contributed by atoms with E-state index in [9.17, 15) is 0 Å². The summed E-state index contributed by atoms with van der Waals surface area (Å²) in [5, 5.41) is 0. The molecule has 5 heteroatoms. The van der Waals surface area contributed by atoms with E-state index >= 15 is 0 Å².